The van der Waals surface area contributed by atoms with Gasteiger partial charge < -0.3 is 14.7 Å². The van der Waals surface area contributed by atoms with Crippen LogP contribution in [0.4, 0.5) is 0 Å². The first-order chi connectivity index (χ1) is 7.28. The lowest BCUT2D eigenvalue weighted by molar-refractivity contribution is -0.148. The molecule has 0 atom stereocenters. The van der Waals surface area contributed by atoms with Gasteiger partial charge in [-0.25, -0.2) is 0 Å². The Balaban J connectivity index is 1.80. The molecule has 1 N–H and O–H groups in total. The van der Waals surface area contributed by atoms with Gasteiger partial charge in [0.15, 0.2) is 0 Å². The Labute approximate surface area is 92.4 Å². The summed E-state index contributed by atoms with van der Waals surface area (Å²) in [7, 11) is 0. The summed E-state index contributed by atoms with van der Waals surface area (Å²) in [6.07, 6.45) is 4.01. The summed E-state index contributed by atoms with van der Waals surface area (Å²) in [6.45, 7) is 7.41. The van der Waals surface area contributed by atoms with Gasteiger partial charge in [0.25, 0.3) is 0 Å². The molecule has 1 saturated heterocycles. The van der Waals surface area contributed by atoms with E-state index in [2.05, 4.69) is 11.8 Å². The molecule has 1 heterocycles. The van der Waals surface area contributed by atoms with Gasteiger partial charge in [0.2, 0.25) is 0 Å². The van der Waals surface area contributed by atoms with Crippen molar-refractivity contribution in [1.29, 1.82) is 0 Å². The highest BCUT2D eigenvalue weighted by Crippen LogP contribution is 2.33. The van der Waals surface area contributed by atoms with E-state index >= 15 is 0 Å². The van der Waals surface area contributed by atoms with E-state index in [9.17, 15) is 5.11 Å². The predicted molar refractivity (Wildman–Crippen MR) is 59.8 cm³/mol. The van der Waals surface area contributed by atoms with Crippen LogP contribution < -0.4 is 0 Å². The molecule has 0 amide bonds. The van der Waals surface area contributed by atoms with Crippen LogP contribution in [0.25, 0.3) is 0 Å². The smallest absolute Gasteiger partial charge is 0.0579 e. The molecule has 0 aromatic heterocycles. The Kier molecular flexibility index (Phi) is 3.65. The number of ether oxygens (including phenoxy) is 1. The topological polar surface area (TPSA) is 32.7 Å². The summed E-state index contributed by atoms with van der Waals surface area (Å²) in [5.74, 6) is 0.938. The molecule has 1 saturated carbocycles. The van der Waals surface area contributed by atoms with Crippen LogP contribution >= 0.6 is 0 Å². The second-order valence-corrected chi connectivity index (χ2v) is 5.33. The molecular formula is C12H23NO2. The standard InChI is InChI=1S/C12H23NO2/c1-2-5-13(6-11-3-4-11)7-12(8-14)9-15-10-12/h11,14H,2-10H2,1H3. The first-order valence-electron chi connectivity index (χ1n) is 6.19. The quantitative estimate of drug-likeness (QED) is 0.688. The zero-order chi connectivity index (χ0) is 10.7. The lowest BCUT2D eigenvalue weighted by atomic mass is 9.86. The Hall–Kier alpha value is -0.120. The van der Waals surface area contributed by atoms with Crippen LogP contribution in [0, 0.1) is 11.3 Å². The molecule has 0 aromatic rings. The van der Waals surface area contributed by atoms with Gasteiger partial charge in [0, 0.05) is 13.1 Å². The minimum absolute atomic E-state index is 0.0596. The van der Waals surface area contributed by atoms with Crippen LogP contribution in [-0.4, -0.2) is 49.5 Å². The van der Waals surface area contributed by atoms with Crippen LogP contribution in [-0.2, 0) is 4.74 Å². The largest absolute Gasteiger partial charge is 0.396 e. The molecule has 2 rings (SSSR count). The molecule has 0 bridgehead atoms. The number of rotatable bonds is 7. The number of hydrogen-bond acceptors (Lipinski definition) is 3. The third kappa shape index (κ3) is 2.92. The fourth-order valence-corrected chi connectivity index (χ4v) is 2.31. The summed E-state index contributed by atoms with van der Waals surface area (Å²) < 4.78 is 5.24. The van der Waals surface area contributed by atoms with Crippen LogP contribution in [0.5, 0.6) is 0 Å². The van der Waals surface area contributed by atoms with Crippen molar-refractivity contribution in [2.24, 2.45) is 11.3 Å². The average molecular weight is 213 g/mol. The Morgan fingerprint density at radius 2 is 2.13 bits per heavy atom. The molecule has 2 aliphatic rings. The second kappa shape index (κ2) is 4.81. The summed E-state index contributed by atoms with van der Waals surface area (Å²) >= 11 is 0. The minimum Gasteiger partial charge on any atom is -0.396 e. The molecule has 0 radical (unpaired) electrons. The van der Waals surface area contributed by atoms with Crippen molar-refractivity contribution in [3.8, 4) is 0 Å². The molecule has 0 unspecified atom stereocenters. The van der Waals surface area contributed by atoms with Crippen molar-refractivity contribution in [3.63, 3.8) is 0 Å². The molecule has 88 valence electrons. The monoisotopic (exact) mass is 213 g/mol. The van der Waals surface area contributed by atoms with Crippen molar-refractivity contribution in [2.45, 2.75) is 26.2 Å². The van der Waals surface area contributed by atoms with Gasteiger partial charge in [-0.3, -0.25) is 0 Å². The normalized spacial score (nSPS) is 24.2. The number of aliphatic hydroxyl groups is 1. The first kappa shape index (κ1) is 11.4. The van der Waals surface area contributed by atoms with Crippen molar-refractivity contribution in [3.05, 3.63) is 0 Å². The lowest BCUT2D eigenvalue weighted by Crippen LogP contribution is -2.53. The maximum absolute atomic E-state index is 9.40. The lowest BCUT2D eigenvalue weighted by Gasteiger charge is -2.43. The van der Waals surface area contributed by atoms with Gasteiger partial charge in [-0.05, 0) is 31.7 Å². The molecule has 3 nitrogen and oxygen atoms in total. The van der Waals surface area contributed by atoms with E-state index in [1.807, 2.05) is 0 Å². The van der Waals surface area contributed by atoms with Crippen molar-refractivity contribution < 1.29 is 9.84 Å². The van der Waals surface area contributed by atoms with E-state index in [1.54, 1.807) is 0 Å². The zero-order valence-electron chi connectivity index (χ0n) is 9.74. The van der Waals surface area contributed by atoms with Crippen LogP contribution in [0.2, 0.25) is 0 Å². The third-order valence-electron chi connectivity index (χ3n) is 3.46. The fourth-order valence-electron chi connectivity index (χ4n) is 2.31. The van der Waals surface area contributed by atoms with Gasteiger partial charge in [-0.2, -0.15) is 0 Å². The minimum atomic E-state index is 0.0596. The summed E-state index contributed by atoms with van der Waals surface area (Å²) in [6, 6.07) is 0. The van der Waals surface area contributed by atoms with E-state index in [1.165, 1.54) is 25.8 Å². The van der Waals surface area contributed by atoms with E-state index in [-0.39, 0.29) is 12.0 Å². The van der Waals surface area contributed by atoms with Gasteiger partial charge in [0.05, 0.1) is 25.2 Å². The van der Waals surface area contributed by atoms with Crippen molar-refractivity contribution in [2.75, 3.05) is 39.5 Å². The third-order valence-corrected chi connectivity index (χ3v) is 3.46. The summed E-state index contributed by atoms with van der Waals surface area (Å²) in [4.78, 5) is 2.52. The highest BCUT2D eigenvalue weighted by molar-refractivity contribution is 4.89. The molecule has 15 heavy (non-hydrogen) atoms. The van der Waals surface area contributed by atoms with Crippen molar-refractivity contribution >= 4 is 0 Å². The van der Waals surface area contributed by atoms with E-state index < -0.39 is 0 Å². The maximum atomic E-state index is 9.40. The molecule has 0 spiro atoms. The molecule has 0 aromatic carbocycles. The maximum Gasteiger partial charge on any atom is 0.0579 e. The van der Waals surface area contributed by atoms with Gasteiger partial charge in [0.1, 0.15) is 0 Å². The number of nitrogens with zero attached hydrogens (tertiary/aromatic N) is 1. The molecule has 2 fully saturated rings. The number of aliphatic hydroxyl groups excluding tert-OH is 1. The van der Waals surface area contributed by atoms with E-state index in [0.717, 1.165) is 32.2 Å². The average Bonchev–Trinajstić information content (AvgIpc) is 2.95. The second-order valence-electron chi connectivity index (χ2n) is 5.33. The van der Waals surface area contributed by atoms with E-state index in [0.29, 0.717) is 0 Å². The molecule has 1 aliphatic heterocycles. The fraction of sp³-hybridized carbons (Fsp3) is 1.00. The van der Waals surface area contributed by atoms with Crippen LogP contribution in [0.1, 0.15) is 26.2 Å². The Morgan fingerprint density at radius 1 is 1.40 bits per heavy atom. The predicted octanol–water partition coefficient (Wildman–Crippen LogP) is 1.12. The molecule has 3 heteroatoms. The molecular weight excluding hydrogens is 190 g/mol. The SMILES string of the molecule is CCCN(CC1CC1)CC1(CO)COC1. The number of hydrogen-bond donors (Lipinski definition) is 1. The van der Waals surface area contributed by atoms with Gasteiger partial charge >= 0.3 is 0 Å². The van der Waals surface area contributed by atoms with E-state index in [4.69, 9.17) is 4.74 Å². The van der Waals surface area contributed by atoms with Gasteiger partial charge in [-0.1, -0.05) is 6.92 Å². The Bertz CT molecular complexity index is 194. The zero-order valence-corrected chi connectivity index (χ0v) is 9.74. The highest BCUT2D eigenvalue weighted by atomic mass is 16.5. The van der Waals surface area contributed by atoms with Gasteiger partial charge in [-0.15, -0.1) is 0 Å². The summed E-state index contributed by atoms with van der Waals surface area (Å²) in [5, 5.41) is 9.40. The molecule has 1 aliphatic carbocycles. The van der Waals surface area contributed by atoms with Crippen LogP contribution in [0.3, 0.4) is 0 Å². The highest BCUT2D eigenvalue weighted by Gasteiger charge is 2.40. The van der Waals surface area contributed by atoms with Crippen molar-refractivity contribution in [1.82, 2.24) is 4.90 Å². The Morgan fingerprint density at radius 3 is 2.53 bits per heavy atom. The van der Waals surface area contributed by atoms with Crippen LogP contribution in [0.15, 0.2) is 0 Å². The first-order valence-corrected chi connectivity index (χ1v) is 6.19. The summed E-state index contributed by atoms with van der Waals surface area (Å²) in [5.41, 5.74) is 0.0596.